The van der Waals surface area contributed by atoms with Crippen LogP contribution >= 0.6 is 11.3 Å². The molecule has 2 unspecified atom stereocenters. The summed E-state index contributed by atoms with van der Waals surface area (Å²) in [5, 5.41) is 5.42. The highest BCUT2D eigenvalue weighted by Crippen LogP contribution is 2.56. The summed E-state index contributed by atoms with van der Waals surface area (Å²) in [7, 11) is 0. The molecule has 2 atom stereocenters. The number of thiophene rings is 1. The van der Waals surface area contributed by atoms with Crippen molar-refractivity contribution in [2.45, 2.75) is 49.6 Å². The highest BCUT2D eigenvalue weighted by atomic mass is 32.1. The lowest BCUT2D eigenvalue weighted by molar-refractivity contribution is -0.0320. The predicted octanol–water partition coefficient (Wildman–Crippen LogP) is 3.47. The van der Waals surface area contributed by atoms with Gasteiger partial charge in [0.2, 0.25) is 0 Å². The molecular weight excluding hydrogens is 370 g/mol. The smallest absolute Gasteiger partial charge is 0.254 e. The zero-order valence-corrected chi connectivity index (χ0v) is 16.4. The summed E-state index contributed by atoms with van der Waals surface area (Å²) in [4.78, 5) is 26.6. The van der Waals surface area contributed by atoms with Crippen molar-refractivity contribution >= 4 is 28.4 Å². The number of fused-ring (bicyclic) bond motifs is 1. The molecule has 4 aliphatic rings. The van der Waals surface area contributed by atoms with Crippen LogP contribution in [0, 0.1) is 11.8 Å². The van der Waals surface area contributed by atoms with Gasteiger partial charge in [-0.05, 0) is 67.9 Å². The fraction of sp³-hybridized carbons (Fsp3) is 0.476. The van der Waals surface area contributed by atoms with Gasteiger partial charge in [0.05, 0.1) is 16.0 Å². The molecule has 0 radical (unpaired) electrons. The molecule has 0 aliphatic heterocycles. The van der Waals surface area contributed by atoms with E-state index >= 15 is 0 Å². The maximum absolute atomic E-state index is 13.3. The lowest BCUT2D eigenvalue weighted by Crippen LogP contribution is -2.68. The van der Waals surface area contributed by atoms with E-state index in [1.165, 1.54) is 6.42 Å². The van der Waals surface area contributed by atoms with E-state index in [0.717, 1.165) is 42.8 Å². The highest BCUT2D eigenvalue weighted by Gasteiger charge is 2.56. The summed E-state index contributed by atoms with van der Waals surface area (Å²) >= 11 is 1.61. The molecule has 4 aliphatic carbocycles. The number of aromatic nitrogens is 3. The van der Waals surface area contributed by atoms with Crippen LogP contribution in [0.2, 0.25) is 0 Å². The van der Waals surface area contributed by atoms with Gasteiger partial charge in [0.1, 0.15) is 0 Å². The van der Waals surface area contributed by atoms with E-state index in [9.17, 15) is 4.79 Å². The van der Waals surface area contributed by atoms with E-state index in [-0.39, 0.29) is 17.0 Å². The van der Waals surface area contributed by atoms with Gasteiger partial charge < -0.3 is 16.0 Å². The first kappa shape index (κ1) is 16.7. The number of hydrogen-bond donors (Lipinski definition) is 3. The molecule has 7 rings (SSSR count). The van der Waals surface area contributed by atoms with E-state index in [1.54, 1.807) is 23.6 Å². The van der Waals surface area contributed by atoms with Crippen molar-refractivity contribution in [2.75, 3.05) is 0 Å². The monoisotopic (exact) mass is 393 g/mol. The number of carbonyl (C=O) groups is 1. The Bertz CT molecular complexity index is 1060. The molecule has 4 saturated carbocycles. The van der Waals surface area contributed by atoms with Crippen LogP contribution in [0.5, 0.6) is 0 Å². The van der Waals surface area contributed by atoms with Gasteiger partial charge in [0.15, 0.2) is 11.5 Å². The number of nitrogens with two attached hydrogens (primary N) is 1. The Morgan fingerprint density at radius 3 is 2.79 bits per heavy atom. The van der Waals surface area contributed by atoms with Crippen LogP contribution in [0.4, 0.5) is 0 Å². The third kappa shape index (κ3) is 2.53. The normalized spacial score (nSPS) is 33.5. The summed E-state index contributed by atoms with van der Waals surface area (Å²) < 4.78 is 0. The largest absolute Gasteiger partial charge is 0.346 e. The number of nitrogens with one attached hydrogen (secondary N) is 2. The molecule has 28 heavy (non-hydrogen) atoms. The van der Waals surface area contributed by atoms with Crippen molar-refractivity contribution in [3.05, 3.63) is 35.3 Å². The number of carbonyl (C=O) groups excluding carboxylic acids is 1. The quantitative estimate of drug-likeness (QED) is 0.635. The molecule has 4 N–H and O–H groups in total. The summed E-state index contributed by atoms with van der Waals surface area (Å²) in [5.41, 5.74) is 8.35. The fourth-order valence-corrected chi connectivity index (χ4v) is 7.09. The number of nitrogens with zero attached hydrogens (tertiary/aromatic N) is 2. The molecule has 4 bridgehead atoms. The van der Waals surface area contributed by atoms with Crippen LogP contribution in [0.15, 0.2) is 29.8 Å². The molecule has 1 amide bonds. The first-order valence-corrected chi connectivity index (χ1v) is 10.9. The molecule has 7 heteroatoms. The predicted molar refractivity (Wildman–Crippen MR) is 109 cm³/mol. The van der Waals surface area contributed by atoms with E-state index in [1.807, 2.05) is 17.5 Å². The maximum Gasteiger partial charge on any atom is 0.254 e. The van der Waals surface area contributed by atoms with E-state index in [4.69, 9.17) is 5.73 Å². The SMILES string of the molecule is NC12CC3CC(C1)CC(NC(=O)c1ccnc4nc(-c5cccs5)[nH]c14)(C3)C2. The molecule has 3 aromatic rings. The molecule has 6 nitrogen and oxygen atoms in total. The third-order valence-corrected chi connectivity index (χ3v) is 7.75. The van der Waals surface area contributed by atoms with Crippen LogP contribution in [-0.2, 0) is 0 Å². The molecule has 0 aromatic carbocycles. The van der Waals surface area contributed by atoms with Crippen molar-refractivity contribution in [3.63, 3.8) is 0 Å². The lowest BCUT2D eigenvalue weighted by atomic mass is 9.50. The average molecular weight is 394 g/mol. The van der Waals surface area contributed by atoms with Gasteiger partial charge in [0.25, 0.3) is 5.91 Å². The highest BCUT2D eigenvalue weighted by molar-refractivity contribution is 7.13. The Morgan fingerprint density at radius 2 is 2.07 bits per heavy atom. The second kappa shape index (κ2) is 5.64. The van der Waals surface area contributed by atoms with Crippen LogP contribution in [-0.4, -0.2) is 31.9 Å². The summed E-state index contributed by atoms with van der Waals surface area (Å²) in [5.74, 6) is 2.02. The Morgan fingerprint density at radius 1 is 1.25 bits per heavy atom. The minimum atomic E-state index is -0.151. The van der Waals surface area contributed by atoms with Crippen LogP contribution < -0.4 is 11.1 Å². The van der Waals surface area contributed by atoms with Gasteiger partial charge in [0, 0.05) is 17.3 Å². The van der Waals surface area contributed by atoms with E-state index in [2.05, 4.69) is 20.3 Å². The van der Waals surface area contributed by atoms with Gasteiger partial charge in [-0.25, -0.2) is 9.97 Å². The van der Waals surface area contributed by atoms with Crippen molar-refractivity contribution in [1.82, 2.24) is 20.3 Å². The van der Waals surface area contributed by atoms with Gasteiger partial charge in [-0.2, -0.15) is 0 Å². The Balaban J connectivity index is 1.34. The van der Waals surface area contributed by atoms with Crippen molar-refractivity contribution in [3.8, 4) is 10.7 Å². The first-order chi connectivity index (χ1) is 13.5. The van der Waals surface area contributed by atoms with Crippen molar-refractivity contribution < 1.29 is 4.79 Å². The zero-order chi connectivity index (χ0) is 18.9. The number of pyridine rings is 1. The molecule has 3 aromatic heterocycles. The number of imidazole rings is 1. The van der Waals surface area contributed by atoms with Crippen molar-refractivity contribution in [1.29, 1.82) is 0 Å². The zero-order valence-electron chi connectivity index (χ0n) is 15.6. The number of rotatable bonds is 3. The average Bonchev–Trinajstić information content (AvgIpc) is 3.28. The van der Waals surface area contributed by atoms with Gasteiger partial charge >= 0.3 is 0 Å². The van der Waals surface area contributed by atoms with Gasteiger partial charge in [-0.1, -0.05) is 6.07 Å². The molecule has 144 valence electrons. The molecule has 0 saturated heterocycles. The number of hydrogen-bond acceptors (Lipinski definition) is 5. The molecule has 4 fully saturated rings. The first-order valence-electron chi connectivity index (χ1n) is 10.0. The Hall–Kier alpha value is -2.25. The molecule has 0 spiro atoms. The second-order valence-electron chi connectivity index (χ2n) is 9.18. The van der Waals surface area contributed by atoms with E-state index < -0.39 is 0 Å². The topological polar surface area (TPSA) is 96.7 Å². The third-order valence-electron chi connectivity index (χ3n) is 6.88. The lowest BCUT2D eigenvalue weighted by Gasteiger charge is -2.61. The van der Waals surface area contributed by atoms with Crippen molar-refractivity contribution in [2.24, 2.45) is 17.6 Å². The van der Waals surface area contributed by atoms with Crippen LogP contribution in [0.25, 0.3) is 21.9 Å². The summed E-state index contributed by atoms with van der Waals surface area (Å²) in [6, 6.07) is 5.79. The number of aromatic amines is 1. The Labute approximate surface area is 167 Å². The minimum absolute atomic E-state index is 0.0423. The molecular formula is C21H23N5OS. The Kier molecular flexibility index (Phi) is 3.36. The number of H-pyrrole nitrogens is 1. The van der Waals surface area contributed by atoms with Crippen LogP contribution in [0.3, 0.4) is 0 Å². The minimum Gasteiger partial charge on any atom is -0.346 e. The number of amides is 1. The van der Waals surface area contributed by atoms with E-state index in [0.29, 0.717) is 28.6 Å². The second-order valence-corrected chi connectivity index (χ2v) is 10.1. The summed E-state index contributed by atoms with van der Waals surface area (Å²) in [6.07, 6.45) is 8.20. The summed E-state index contributed by atoms with van der Waals surface area (Å²) in [6.45, 7) is 0. The van der Waals surface area contributed by atoms with Gasteiger partial charge in [-0.3, -0.25) is 4.79 Å². The van der Waals surface area contributed by atoms with Crippen LogP contribution in [0.1, 0.15) is 48.9 Å². The maximum atomic E-state index is 13.3. The van der Waals surface area contributed by atoms with Gasteiger partial charge in [-0.15, -0.1) is 11.3 Å². The molecule has 3 heterocycles. The fourth-order valence-electron chi connectivity index (χ4n) is 6.42. The standard InChI is InChI=1S/C21H23N5OS/c22-20-7-12-6-13(8-20)10-21(9-12,11-20)26-19(27)14-3-4-23-18-16(14)24-17(25-18)15-2-1-5-28-15/h1-5,12-13H,6-11,22H2,(H,26,27)(H,23,24,25).